The summed E-state index contributed by atoms with van der Waals surface area (Å²) in [7, 11) is 1.41. The lowest BCUT2D eigenvalue weighted by molar-refractivity contribution is -0.147. The van der Waals surface area contributed by atoms with Crippen LogP contribution >= 0.6 is 0 Å². The number of fused-ring (bicyclic) bond motifs is 1. The molecule has 2 aromatic rings. The van der Waals surface area contributed by atoms with Crippen molar-refractivity contribution in [1.82, 2.24) is 0 Å². The van der Waals surface area contributed by atoms with E-state index in [-0.39, 0.29) is 5.97 Å². The largest absolute Gasteiger partial charge is 0.493 e. The number of carbonyl (C=O) groups is 1. The van der Waals surface area contributed by atoms with Crippen molar-refractivity contribution in [3.05, 3.63) is 60.2 Å². The van der Waals surface area contributed by atoms with Crippen molar-refractivity contribution in [1.29, 1.82) is 0 Å². The minimum atomic E-state index is -0.912. The van der Waals surface area contributed by atoms with Crippen LogP contribution in [-0.4, -0.2) is 19.7 Å². The van der Waals surface area contributed by atoms with E-state index in [1.807, 2.05) is 54.6 Å². The molecule has 0 saturated heterocycles. The van der Waals surface area contributed by atoms with Crippen LogP contribution in [0.15, 0.2) is 54.6 Å². The zero-order valence-electron chi connectivity index (χ0n) is 11.8. The molecule has 0 aromatic heterocycles. The molecule has 1 aliphatic heterocycles. The highest BCUT2D eigenvalue weighted by molar-refractivity contribution is 5.87. The Morgan fingerprint density at radius 1 is 1.14 bits per heavy atom. The standard InChI is InChI=1S/C17H17NO3/c1-20-16(19)17(18-13-7-3-2-4-8-13)11-12-21-15-10-6-5-9-14(15)17/h2-10,18H,11-12H2,1H3. The van der Waals surface area contributed by atoms with E-state index < -0.39 is 5.54 Å². The summed E-state index contributed by atoms with van der Waals surface area (Å²) in [6.07, 6.45) is 0.519. The second kappa shape index (κ2) is 5.48. The Labute approximate surface area is 123 Å². The van der Waals surface area contributed by atoms with Crippen LogP contribution in [0.3, 0.4) is 0 Å². The van der Waals surface area contributed by atoms with Crippen LogP contribution in [0.4, 0.5) is 5.69 Å². The Morgan fingerprint density at radius 2 is 1.86 bits per heavy atom. The van der Waals surface area contributed by atoms with Gasteiger partial charge in [-0.2, -0.15) is 0 Å². The van der Waals surface area contributed by atoms with Crippen LogP contribution in [0.2, 0.25) is 0 Å². The molecule has 1 unspecified atom stereocenters. The van der Waals surface area contributed by atoms with Crippen LogP contribution < -0.4 is 10.1 Å². The van der Waals surface area contributed by atoms with Gasteiger partial charge in [0.2, 0.25) is 0 Å². The lowest BCUT2D eigenvalue weighted by atomic mass is 9.84. The van der Waals surface area contributed by atoms with Crippen molar-refractivity contribution in [2.75, 3.05) is 19.0 Å². The van der Waals surface area contributed by atoms with Gasteiger partial charge in [0.05, 0.1) is 13.7 Å². The molecule has 21 heavy (non-hydrogen) atoms. The molecule has 3 rings (SSSR count). The third kappa shape index (κ3) is 2.33. The smallest absolute Gasteiger partial charge is 0.336 e. The van der Waals surface area contributed by atoms with Gasteiger partial charge >= 0.3 is 5.97 Å². The number of hydrogen-bond acceptors (Lipinski definition) is 4. The van der Waals surface area contributed by atoms with Gasteiger partial charge in [-0.1, -0.05) is 36.4 Å². The maximum atomic E-state index is 12.5. The highest BCUT2D eigenvalue weighted by atomic mass is 16.5. The van der Waals surface area contributed by atoms with Crippen molar-refractivity contribution in [3.63, 3.8) is 0 Å². The third-order valence-corrected chi connectivity index (χ3v) is 3.75. The summed E-state index contributed by atoms with van der Waals surface area (Å²) in [6, 6.07) is 17.2. The summed E-state index contributed by atoms with van der Waals surface area (Å²) in [6.45, 7) is 0.464. The lowest BCUT2D eigenvalue weighted by Crippen LogP contribution is -2.47. The van der Waals surface area contributed by atoms with Gasteiger partial charge in [0.25, 0.3) is 0 Å². The third-order valence-electron chi connectivity index (χ3n) is 3.75. The number of ether oxygens (including phenoxy) is 2. The van der Waals surface area contributed by atoms with Gasteiger partial charge in [-0.25, -0.2) is 4.79 Å². The second-order valence-electron chi connectivity index (χ2n) is 4.98. The van der Waals surface area contributed by atoms with Gasteiger partial charge in [0, 0.05) is 17.7 Å². The van der Waals surface area contributed by atoms with Gasteiger partial charge in [-0.05, 0) is 18.2 Å². The Hall–Kier alpha value is -2.49. The van der Waals surface area contributed by atoms with Gasteiger partial charge in [0.1, 0.15) is 5.75 Å². The van der Waals surface area contributed by atoms with E-state index in [0.29, 0.717) is 13.0 Å². The topological polar surface area (TPSA) is 47.6 Å². The number of benzene rings is 2. The van der Waals surface area contributed by atoms with Crippen molar-refractivity contribution >= 4 is 11.7 Å². The van der Waals surface area contributed by atoms with E-state index in [0.717, 1.165) is 17.0 Å². The molecule has 0 saturated carbocycles. The molecule has 108 valence electrons. The monoisotopic (exact) mass is 283 g/mol. The highest BCUT2D eigenvalue weighted by Gasteiger charge is 2.45. The summed E-state index contributed by atoms with van der Waals surface area (Å²) in [4.78, 5) is 12.5. The molecule has 0 radical (unpaired) electrons. The quantitative estimate of drug-likeness (QED) is 0.880. The molecule has 1 aliphatic rings. The number of nitrogens with one attached hydrogen (secondary N) is 1. The van der Waals surface area contributed by atoms with E-state index in [1.165, 1.54) is 7.11 Å². The van der Waals surface area contributed by atoms with Crippen molar-refractivity contribution in [2.45, 2.75) is 12.0 Å². The molecule has 1 atom stereocenters. The van der Waals surface area contributed by atoms with Crippen LogP contribution in [-0.2, 0) is 15.1 Å². The van der Waals surface area contributed by atoms with Gasteiger partial charge < -0.3 is 14.8 Å². The molecule has 1 N–H and O–H groups in total. The summed E-state index contributed by atoms with van der Waals surface area (Å²) >= 11 is 0. The molecule has 4 nitrogen and oxygen atoms in total. The maximum absolute atomic E-state index is 12.5. The Bertz CT molecular complexity index is 641. The van der Waals surface area contributed by atoms with E-state index in [1.54, 1.807) is 0 Å². The van der Waals surface area contributed by atoms with E-state index in [9.17, 15) is 4.79 Å². The summed E-state index contributed by atoms with van der Waals surface area (Å²) in [5, 5.41) is 3.35. The molecule has 0 amide bonds. The average Bonchev–Trinajstić information content (AvgIpc) is 2.55. The molecular formula is C17H17NO3. The minimum Gasteiger partial charge on any atom is -0.493 e. The second-order valence-corrected chi connectivity index (χ2v) is 4.98. The molecule has 1 heterocycles. The van der Waals surface area contributed by atoms with E-state index in [4.69, 9.17) is 9.47 Å². The highest BCUT2D eigenvalue weighted by Crippen LogP contribution is 2.40. The molecule has 0 fully saturated rings. The molecule has 0 bridgehead atoms. The first-order valence-electron chi connectivity index (χ1n) is 6.90. The number of para-hydroxylation sites is 2. The Balaban J connectivity index is 2.09. The molecule has 4 heteroatoms. The van der Waals surface area contributed by atoms with Crippen molar-refractivity contribution in [2.24, 2.45) is 0 Å². The molecular weight excluding hydrogens is 266 g/mol. The van der Waals surface area contributed by atoms with Gasteiger partial charge in [-0.3, -0.25) is 0 Å². The van der Waals surface area contributed by atoms with Gasteiger partial charge in [-0.15, -0.1) is 0 Å². The number of methoxy groups -OCH3 is 1. The number of esters is 1. The number of carbonyl (C=O) groups excluding carboxylic acids is 1. The summed E-state index contributed by atoms with van der Waals surface area (Å²) in [5.74, 6) is 0.416. The van der Waals surface area contributed by atoms with Crippen LogP contribution in [0.25, 0.3) is 0 Å². The average molecular weight is 283 g/mol. The first kappa shape index (κ1) is 13.5. The van der Waals surface area contributed by atoms with E-state index >= 15 is 0 Å². The first-order chi connectivity index (χ1) is 10.3. The van der Waals surface area contributed by atoms with Gasteiger partial charge in [0.15, 0.2) is 5.54 Å². The summed E-state index contributed by atoms with van der Waals surface area (Å²) in [5.41, 5.74) is 0.775. The zero-order valence-corrected chi connectivity index (χ0v) is 11.8. The predicted molar refractivity (Wildman–Crippen MR) is 80.3 cm³/mol. The number of anilines is 1. The lowest BCUT2D eigenvalue weighted by Gasteiger charge is -2.37. The van der Waals surface area contributed by atoms with Crippen molar-refractivity contribution < 1.29 is 14.3 Å². The van der Waals surface area contributed by atoms with E-state index in [2.05, 4.69) is 5.32 Å². The van der Waals surface area contributed by atoms with Crippen LogP contribution in [0, 0.1) is 0 Å². The summed E-state index contributed by atoms with van der Waals surface area (Å²) < 4.78 is 10.7. The Kier molecular flexibility index (Phi) is 3.52. The normalized spacial score (nSPS) is 20.0. The fourth-order valence-corrected chi connectivity index (χ4v) is 2.73. The molecule has 0 aliphatic carbocycles. The maximum Gasteiger partial charge on any atom is 0.336 e. The van der Waals surface area contributed by atoms with Crippen LogP contribution in [0.5, 0.6) is 5.75 Å². The first-order valence-corrected chi connectivity index (χ1v) is 6.90. The number of rotatable bonds is 3. The van der Waals surface area contributed by atoms with Crippen molar-refractivity contribution in [3.8, 4) is 5.75 Å². The zero-order chi connectivity index (χ0) is 14.7. The molecule has 2 aromatic carbocycles. The number of hydrogen-bond donors (Lipinski definition) is 1. The SMILES string of the molecule is COC(=O)C1(Nc2ccccc2)CCOc2ccccc21. The minimum absolute atomic E-state index is 0.304. The fraction of sp³-hybridized carbons (Fsp3) is 0.235. The fourth-order valence-electron chi connectivity index (χ4n) is 2.73. The molecule has 0 spiro atoms. The predicted octanol–water partition coefficient (Wildman–Crippen LogP) is 2.95. The Morgan fingerprint density at radius 3 is 2.62 bits per heavy atom. The van der Waals surface area contributed by atoms with Crippen LogP contribution in [0.1, 0.15) is 12.0 Å².